The predicted octanol–water partition coefficient (Wildman–Crippen LogP) is 3.72. The van der Waals surface area contributed by atoms with Crippen LogP contribution in [-0.4, -0.2) is 24.7 Å². The van der Waals surface area contributed by atoms with Crippen LogP contribution in [0.3, 0.4) is 0 Å². The molecule has 1 aromatic carbocycles. The lowest BCUT2D eigenvalue weighted by atomic mass is 9.82. The second-order valence-electron chi connectivity index (χ2n) is 7.40. The maximum Gasteiger partial charge on any atom is 0.240 e. The number of ether oxygens (including phenoxy) is 2. The third kappa shape index (κ3) is 5.04. The number of halogens is 1. The zero-order chi connectivity index (χ0) is 17.7. The third-order valence-electron chi connectivity index (χ3n) is 5.51. The van der Waals surface area contributed by atoms with Gasteiger partial charge in [0.1, 0.15) is 11.5 Å². The third-order valence-corrected chi connectivity index (χ3v) is 5.51. The minimum atomic E-state index is -0.711. The van der Waals surface area contributed by atoms with Crippen LogP contribution in [-0.2, 0) is 11.3 Å². The Morgan fingerprint density at radius 3 is 2.54 bits per heavy atom. The van der Waals surface area contributed by atoms with Gasteiger partial charge in [-0.15, -0.1) is 12.4 Å². The standard InChI is InChI=1S/C20H30N2O3.ClH/c1-24-17-10-9-15(18(13-17)25-16-7-3-4-8-16)14-22-19(23)20(21)11-5-2-6-12-20;/h9-10,13,16H,2-8,11-12,14,21H2,1H3,(H,22,23);1H. The average molecular weight is 383 g/mol. The van der Waals surface area contributed by atoms with Crippen molar-refractivity contribution in [2.24, 2.45) is 5.73 Å². The van der Waals surface area contributed by atoms with E-state index in [9.17, 15) is 4.79 Å². The van der Waals surface area contributed by atoms with Crippen LogP contribution in [0.1, 0.15) is 63.4 Å². The number of methoxy groups -OCH3 is 1. The van der Waals surface area contributed by atoms with Crippen LogP contribution in [0.25, 0.3) is 0 Å². The lowest BCUT2D eigenvalue weighted by Gasteiger charge is -2.32. The van der Waals surface area contributed by atoms with Gasteiger partial charge in [0.2, 0.25) is 5.91 Å². The van der Waals surface area contributed by atoms with Crippen molar-refractivity contribution in [1.82, 2.24) is 5.32 Å². The van der Waals surface area contributed by atoms with Crippen LogP contribution in [0.5, 0.6) is 11.5 Å². The van der Waals surface area contributed by atoms with Crippen LogP contribution in [0.2, 0.25) is 0 Å². The predicted molar refractivity (Wildman–Crippen MR) is 105 cm³/mol. The summed E-state index contributed by atoms with van der Waals surface area (Å²) in [5.74, 6) is 1.53. The molecule has 0 aliphatic heterocycles. The molecule has 2 aliphatic carbocycles. The molecule has 0 aromatic heterocycles. The molecule has 0 spiro atoms. The molecule has 0 saturated heterocycles. The fourth-order valence-electron chi connectivity index (χ4n) is 3.86. The second kappa shape index (κ2) is 9.47. The first-order chi connectivity index (χ1) is 12.1. The van der Waals surface area contributed by atoms with E-state index in [-0.39, 0.29) is 24.4 Å². The van der Waals surface area contributed by atoms with Crippen molar-refractivity contribution in [3.8, 4) is 11.5 Å². The Bertz CT molecular complexity index is 597. The molecule has 0 unspecified atom stereocenters. The van der Waals surface area contributed by atoms with Crippen molar-refractivity contribution in [3.63, 3.8) is 0 Å². The first kappa shape index (κ1) is 20.8. The Morgan fingerprint density at radius 1 is 1.19 bits per heavy atom. The van der Waals surface area contributed by atoms with Crippen molar-refractivity contribution >= 4 is 18.3 Å². The van der Waals surface area contributed by atoms with Gasteiger partial charge < -0.3 is 20.5 Å². The topological polar surface area (TPSA) is 73.6 Å². The smallest absolute Gasteiger partial charge is 0.240 e. The average Bonchev–Trinajstić information content (AvgIpc) is 3.14. The summed E-state index contributed by atoms with van der Waals surface area (Å²) in [6.45, 7) is 0.434. The van der Waals surface area contributed by atoms with Crippen molar-refractivity contribution in [3.05, 3.63) is 23.8 Å². The van der Waals surface area contributed by atoms with Gasteiger partial charge >= 0.3 is 0 Å². The molecule has 2 saturated carbocycles. The number of nitrogens with two attached hydrogens (primary N) is 1. The van der Waals surface area contributed by atoms with Gasteiger partial charge in [0, 0.05) is 18.2 Å². The molecule has 26 heavy (non-hydrogen) atoms. The number of hydrogen-bond donors (Lipinski definition) is 2. The minimum absolute atomic E-state index is 0. The molecule has 2 aliphatic rings. The molecular formula is C20H31ClN2O3. The Balaban J connectivity index is 0.00000243. The quantitative estimate of drug-likeness (QED) is 0.786. The summed E-state index contributed by atoms with van der Waals surface area (Å²) >= 11 is 0. The summed E-state index contributed by atoms with van der Waals surface area (Å²) in [4.78, 5) is 12.6. The number of benzene rings is 1. The zero-order valence-electron chi connectivity index (χ0n) is 15.6. The molecular weight excluding hydrogens is 352 g/mol. The maximum atomic E-state index is 12.6. The lowest BCUT2D eigenvalue weighted by molar-refractivity contribution is -0.127. The van der Waals surface area contributed by atoms with E-state index >= 15 is 0 Å². The van der Waals surface area contributed by atoms with Crippen LogP contribution < -0.4 is 20.5 Å². The molecule has 6 heteroatoms. The van der Waals surface area contributed by atoms with Gasteiger partial charge in [-0.1, -0.05) is 19.3 Å². The molecule has 1 aromatic rings. The van der Waals surface area contributed by atoms with Crippen LogP contribution in [0.4, 0.5) is 0 Å². The molecule has 3 rings (SSSR count). The Morgan fingerprint density at radius 2 is 1.88 bits per heavy atom. The van der Waals surface area contributed by atoms with Gasteiger partial charge in [-0.05, 0) is 50.7 Å². The van der Waals surface area contributed by atoms with Crippen molar-refractivity contribution in [2.45, 2.75) is 76.0 Å². The fourth-order valence-corrected chi connectivity index (χ4v) is 3.86. The SMILES string of the molecule is COc1ccc(CNC(=O)C2(N)CCCCC2)c(OC2CCCC2)c1.Cl. The molecule has 2 fully saturated rings. The highest BCUT2D eigenvalue weighted by molar-refractivity contribution is 5.86. The molecule has 0 radical (unpaired) electrons. The number of carbonyl (C=O) groups is 1. The van der Waals surface area contributed by atoms with Gasteiger partial charge in [-0.25, -0.2) is 0 Å². The van der Waals surface area contributed by atoms with Gasteiger partial charge in [-0.3, -0.25) is 4.79 Å². The van der Waals surface area contributed by atoms with E-state index < -0.39 is 5.54 Å². The summed E-state index contributed by atoms with van der Waals surface area (Å²) in [6, 6.07) is 5.79. The van der Waals surface area contributed by atoms with Crippen molar-refractivity contribution in [2.75, 3.05) is 7.11 Å². The van der Waals surface area contributed by atoms with E-state index in [0.29, 0.717) is 6.54 Å². The summed E-state index contributed by atoms with van der Waals surface area (Å²) < 4.78 is 11.5. The van der Waals surface area contributed by atoms with E-state index in [4.69, 9.17) is 15.2 Å². The summed E-state index contributed by atoms with van der Waals surface area (Å²) in [5, 5.41) is 3.03. The highest BCUT2D eigenvalue weighted by Crippen LogP contribution is 2.30. The van der Waals surface area contributed by atoms with Gasteiger partial charge in [-0.2, -0.15) is 0 Å². The van der Waals surface area contributed by atoms with Crippen LogP contribution in [0.15, 0.2) is 18.2 Å². The van der Waals surface area contributed by atoms with Crippen LogP contribution in [0, 0.1) is 0 Å². The number of hydrogen-bond acceptors (Lipinski definition) is 4. The van der Waals surface area contributed by atoms with Crippen molar-refractivity contribution in [1.29, 1.82) is 0 Å². The molecule has 0 bridgehead atoms. The summed E-state index contributed by atoms with van der Waals surface area (Å²) in [5.41, 5.74) is 6.58. The van der Waals surface area contributed by atoms with Crippen molar-refractivity contribution < 1.29 is 14.3 Å². The van der Waals surface area contributed by atoms with E-state index in [0.717, 1.165) is 55.6 Å². The molecule has 3 N–H and O–H groups in total. The van der Waals surface area contributed by atoms with E-state index in [2.05, 4.69) is 5.32 Å². The van der Waals surface area contributed by atoms with Gasteiger partial charge in [0.15, 0.2) is 0 Å². The Labute approximate surface area is 162 Å². The molecule has 146 valence electrons. The normalized spacial score (nSPS) is 19.5. The number of nitrogens with one attached hydrogen (secondary N) is 1. The molecule has 0 heterocycles. The van der Waals surface area contributed by atoms with E-state index in [1.54, 1.807) is 7.11 Å². The first-order valence-electron chi connectivity index (χ1n) is 9.51. The Kier molecular flexibility index (Phi) is 7.59. The first-order valence-corrected chi connectivity index (χ1v) is 9.51. The van der Waals surface area contributed by atoms with Gasteiger partial charge in [0.25, 0.3) is 0 Å². The highest BCUT2D eigenvalue weighted by Gasteiger charge is 2.35. The van der Waals surface area contributed by atoms with Gasteiger partial charge in [0.05, 0.1) is 18.8 Å². The van der Waals surface area contributed by atoms with E-state index in [1.807, 2.05) is 18.2 Å². The lowest BCUT2D eigenvalue weighted by Crippen LogP contribution is -2.54. The van der Waals surface area contributed by atoms with Crippen LogP contribution >= 0.6 is 12.4 Å². The second-order valence-corrected chi connectivity index (χ2v) is 7.40. The number of amides is 1. The molecule has 0 atom stereocenters. The fraction of sp³-hybridized carbons (Fsp3) is 0.650. The van der Waals surface area contributed by atoms with E-state index in [1.165, 1.54) is 19.3 Å². The number of carbonyl (C=O) groups excluding carboxylic acids is 1. The minimum Gasteiger partial charge on any atom is -0.497 e. The maximum absolute atomic E-state index is 12.6. The monoisotopic (exact) mass is 382 g/mol. The largest absolute Gasteiger partial charge is 0.497 e. The highest BCUT2D eigenvalue weighted by atomic mass is 35.5. The Hall–Kier alpha value is -1.46. The molecule has 1 amide bonds. The molecule has 5 nitrogen and oxygen atoms in total. The summed E-state index contributed by atoms with van der Waals surface area (Å²) in [7, 11) is 1.65. The number of rotatable bonds is 6. The zero-order valence-corrected chi connectivity index (χ0v) is 16.4. The summed E-state index contributed by atoms with van der Waals surface area (Å²) in [6.07, 6.45) is 9.66.